The van der Waals surface area contributed by atoms with Gasteiger partial charge in [0.1, 0.15) is 5.75 Å². The molecule has 0 saturated heterocycles. The van der Waals surface area contributed by atoms with Crippen molar-refractivity contribution in [1.82, 2.24) is 20.4 Å². The number of carbonyl (C=O) groups is 2. The molecule has 0 aliphatic heterocycles. The van der Waals surface area contributed by atoms with Crippen LogP contribution >= 0.6 is 11.6 Å². The van der Waals surface area contributed by atoms with Crippen molar-refractivity contribution in [3.63, 3.8) is 0 Å². The van der Waals surface area contributed by atoms with Crippen LogP contribution in [0.25, 0.3) is 10.9 Å². The number of rotatable bonds is 8. The van der Waals surface area contributed by atoms with Crippen molar-refractivity contribution in [2.45, 2.75) is 20.0 Å². The van der Waals surface area contributed by atoms with E-state index < -0.39 is 5.91 Å². The number of nitrogens with one attached hydrogen (secondary N) is 3. The summed E-state index contributed by atoms with van der Waals surface area (Å²) in [4.78, 5) is 30.9. The Morgan fingerprint density at radius 2 is 2.06 bits per heavy atom. The van der Waals surface area contributed by atoms with E-state index in [0.717, 1.165) is 16.5 Å². The van der Waals surface area contributed by atoms with Crippen LogP contribution in [0.15, 0.2) is 53.2 Å². The summed E-state index contributed by atoms with van der Waals surface area (Å²) in [6.45, 7) is 1.77. The standard InChI is InChI=1S/C22H20ClN5O4/c1-13(29)26-18-4-2-3-5-19(18)31-12-20-27-22(32-28-20)21(30)24-9-8-14-11-25-17-7-6-15(23)10-16(14)17/h2-7,10-11,25H,8-9,12H2,1H3,(H,24,30)(H,26,29). The highest BCUT2D eigenvalue weighted by atomic mass is 35.5. The van der Waals surface area contributed by atoms with Gasteiger partial charge in [-0.25, -0.2) is 0 Å². The molecule has 0 atom stereocenters. The van der Waals surface area contributed by atoms with Crippen LogP contribution in [-0.2, 0) is 17.8 Å². The number of aromatic amines is 1. The number of fused-ring (bicyclic) bond motifs is 1. The Morgan fingerprint density at radius 3 is 2.91 bits per heavy atom. The highest BCUT2D eigenvalue weighted by Gasteiger charge is 2.16. The zero-order valence-electron chi connectivity index (χ0n) is 17.1. The number of hydrogen-bond donors (Lipinski definition) is 3. The van der Waals surface area contributed by atoms with Gasteiger partial charge < -0.3 is 24.9 Å². The Balaban J connectivity index is 1.31. The summed E-state index contributed by atoms with van der Waals surface area (Å²) in [5.41, 5.74) is 2.55. The Labute approximate surface area is 188 Å². The minimum absolute atomic E-state index is 0.0243. The van der Waals surface area contributed by atoms with E-state index in [1.165, 1.54) is 6.92 Å². The second-order valence-electron chi connectivity index (χ2n) is 6.99. The van der Waals surface area contributed by atoms with Gasteiger partial charge in [0.25, 0.3) is 0 Å². The molecule has 2 amide bonds. The highest BCUT2D eigenvalue weighted by molar-refractivity contribution is 6.31. The predicted octanol–water partition coefficient (Wildman–Crippen LogP) is 3.71. The lowest BCUT2D eigenvalue weighted by atomic mass is 10.1. The largest absolute Gasteiger partial charge is 0.483 e. The van der Waals surface area contributed by atoms with Crippen LogP contribution in [-0.4, -0.2) is 33.5 Å². The van der Waals surface area contributed by atoms with Crippen molar-refractivity contribution in [2.75, 3.05) is 11.9 Å². The van der Waals surface area contributed by atoms with Gasteiger partial charge in [-0.3, -0.25) is 9.59 Å². The topological polar surface area (TPSA) is 122 Å². The van der Waals surface area contributed by atoms with Crippen LogP contribution in [0.4, 0.5) is 5.69 Å². The first-order valence-electron chi connectivity index (χ1n) is 9.85. The van der Waals surface area contributed by atoms with Crippen molar-refractivity contribution in [3.05, 3.63) is 71.0 Å². The first-order valence-corrected chi connectivity index (χ1v) is 10.2. The van der Waals surface area contributed by atoms with E-state index in [0.29, 0.717) is 29.4 Å². The molecule has 0 saturated carbocycles. The molecule has 2 aromatic heterocycles. The lowest BCUT2D eigenvalue weighted by Crippen LogP contribution is -2.26. The predicted molar refractivity (Wildman–Crippen MR) is 119 cm³/mol. The average molecular weight is 454 g/mol. The Hall–Kier alpha value is -3.85. The number of nitrogens with zero attached hydrogens (tertiary/aromatic N) is 2. The molecule has 32 heavy (non-hydrogen) atoms. The van der Waals surface area contributed by atoms with Gasteiger partial charge in [-0.1, -0.05) is 28.9 Å². The first-order chi connectivity index (χ1) is 15.5. The van der Waals surface area contributed by atoms with Gasteiger partial charge in [-0.05, 0) is 42.3 Å². The van der Waals surface area contributed by atoms with Crippen LogP contribution < -0.4 is 15.4 Å². The molecule has 0 radical (unpaired) electrons. The molecule has 0 unspecified atom stereocenters. The average Bonchev–Trinajstić information content (AvgIpc) is 3.40. The molecule has 0 spiro atoms. The third-order valence-corrected chi connectivity index (χ3v) is 4.86. The molecule has 0 bridgehead atoms. The van der Waals surface area contributed by atoms with Gasteiger partial charge >= 0.3 is 11.8 Å². The van der Waals surface area contributed by atoms with Gasteiger partial charge in [0, 0.05) is 35.6 Å². The lowest BCUT2D eigenvalue weighted by molar-refractivity contribution is -0.114. The third kappa shape index (κ3) is 5.06. The number of ether oxygens (including phenoxy) is 1. The zero-order chi connectivity index (χ0) is 22.5. The summed E-state index contributed by atoms with van der Waals surface area (Å²) >= 11 is 6.07. The molecule has 2 aromatic carbocycles. The fourth-order valence-electron chi connectivity index (χ4n) is 3.18. The van der Waals surface area contributed by atoms with Crippen LogP contribution in [0, 0.1) is 0 Å². The van der Waals surface area contributed by atoms with E-state index in [9.17, 15) is 9.59 Å². The van der Waals surface area contributed by atoms with Crippen molar-refractivity contribution >= 4 is 40.0 Å². The van der Waals surface area contributed by atoms with Gasteiger partial charge in [0.05, 0.1) is 5.69 Å². The molecule has 4 rings (SSSR count). The molecule has 0 aliphatic carbocycles. The number of amides is 2. The van der Waals surface area contributed by atoms with E-state index in [2.05, 4.69) is 25.8 Å². The molecule has 10 heteroatoms. The van der Waals surface area contributed by atoms with Crippen LogP contribution in [0.1, 0.15) is 29.0 Å². The van der Waals surface area contributed by atoms with Crippen LogP contribution in [0.2, 0.25) is 5.02 Å². The Bertz CT molecular complexity index is 1270. The lowest BCUT2D eigenvalue weighted by Gasteiger charge is -2.09. The Kier molecular flexibility index (Phi) is 6.37. The third-order valence-electron chi connectivity index (χ3n) is 4.63. The van der Waals surface area contributed by atoms with E-state index in [4.69, 9.17) is 20.9 Å². The molecule has 4 aromatic rings. The fourth-order valence-corrected chi connectivity index (χ4v) is 3.35. The van der Waals surface area contributed by atoms with E-state index in [-0.39, 0.29) is 24.2 Å². The number of benzene rings is 2. The summed E-state index contributed by atoms with van der Waals surface area (Å²) in [5, 5.41) is 10.9. The van der Waals surface area contributed by atoms with Crippen molar-refractivity contribution in [1.29, 1.82) is 0 Å². The highest BCUT2D eigenvalue weighted by Crippen LogP contribution is 2.24. The Morgan fingerprint density at radius 1 is 1.22 bits per heavy atom. The SMILES string of the molecule is CC(=O)Nc1ccccc1OCc1noc(C(=O)NCCc2c[nH]c3ccc(Cl)cc23)n1. The minimum atomic E-state index is -0.472. The van der Waals surface area contributed by atoms with E-state index in [1.807, 2.05) is 24.4 Å². The van der Waals surface area contributed by atoms with Gasteiger partial charge in [-0.15, -0.1) is 0 Å². The van der Waals surface area contributed by atoms with Crippen LogP contribution in [0.3, 0.4) is 0 Å². The van der Waals surface area contributed by atoms with Crippen LogP contribution in [0.5, 0.6) is 5.75 Å². The summed E-state index contributed by atoms with van der Waals surface area (Å²) < 4.78 is 10.7. The maximum absolute atomic E-state index is 12.3. The molecular formula is C22H20ClN5O4. The summed E-state index contributed by atoms with van der Waals surface area (Å²) in [7, 11) is 0. The number of para-hydroxylation sites is 2. The van der Waals surface area contributed by atoms with Gasteiger partial charge in [0.15, 0.2) is 6.61 Å². The fraction of sp³-hybridized carbons (Fsp3) is 0.182. The summed E-state index contributed by atoms with van der Waals surface area (Å²) in [6, 6.07) is 12.6. The molecule has 164 valence electrons. The smallest absolute Gasteiger partial charge is 0.316 e. The second-order valence-corrected chi connectivity index (χ2v) is 7.43. The summed E-state index contributed by atoms with van der Waals surface area (Å²) in [5.74, 6) is -0.173. The zero-order valence-corrected chi connectivity index (χ0v) is 17.9. The van der Waals surface area contributed by atoms with Gasteiger partial charge in [-0.2, -0.15) is 4.98 Å². The maximum atomic E-state index is 12.3. The maximum Gasteiger partial charge on any atom is 0.316 e. The quantitative estimate of drug-likeness (QED) is 0.374. The molecule has 2 heterocycles. The normalized spacial score (nSPS) is 10.8. The number of halogens is 1. The van der Waals surface area contributed by atoms with E-state index in [1.54, 1.807) is 24.3 Å². The number of H-pyrrole nitrogens is 1. The van der Waals surface area contributed by atoms with Gasteiger partial charge in [0.2, 0.25) is 11.7 Å². The molecule has 3 N–H and O–H groups in total. The minimum Gasteiger partial charge on any atom is -0.483 e. The number of carbonyl (C=O) groups excluding carboxylic acids is 2. The van der Waals surface area contributed by atoms with Crippen molar-refractivity contribution in [3.8, 4) is 5.75 Å². The molecule has 0 fully saturated rings. The number of hydrogen-bond acceptors (Lipinski definition) is 6. The molecule has 9 nitrogen and oxygen atoms in total. The monoisotopic (exact) mass is 453 g/mol. The number of aromatic nitrogens is 3. The second kappa shape index (κ2) is 9.52. The molecule has 0 aliphatic rings. The number of anilines is 1. The molecular weight excluding hydrogens is 434 g/mol. The van der Waals surface area contributed by atoms with Crippen molar-refractivity contribution in [2.24, 2.45) is 0 Å². The first kappa shape index (κ1) is 21.4. The van der Waals surface area contributed by atoms with Crippen molar-refractivity contribution < 1.29 is 18.8 Å². The van der Waals surface area contributed by atoms with E-state index >= 15 is 0 Å². The summed E-state index contributed by atoms with van der Waals surface area (Å²) in [6.07, 6.45) is 2.50.